The van der Waals surface area contributed by atoms with Crippen LogP contribution in [0.5, 0.6) is 5.75 Å². The van der Waals surface area contributed by atoms with E-state index in [9.17, 15) is 4.79 Å². The fraction of sp³-hybridized carbons (Fsp3) is 0.462. The molecule has 0 aromatic heterocycles. The highest BCUT2D eigenvalue weighted by Gasteiger charge is 2.19. The third kappa shape index (κ3) is 4.00. The molecule has 0 saturated heterocycles. The predicted molar refractivity (Wildman–Crippen MR) is 74.3 cm³/mol. The van der Waals surface area contributed by atoms with E-state index in [1.807, 2.05) is 19.9 Å². The molecule has 94 valence electrons. The minimum absolute atomic E-state index is 0.0174. The Morgan fingerprint density at radius 3 is 2.65 bits per heavy atom. The van der Waals surface area contributed by atoms with Gasteiger partial charge in [0.2, 0.25) is 0 Å². The van der Waals surface area contributed by atoms with Gasteiger partial charge in [0.15, 0.2) is 0 Å². The molecule has 1 aromatic carbocycles. The minimum atomic E-state index is -0.202. The first-order valence-corrected chi connectivity index (χ1v) is 6.75. The summed E-state index contributed by atoms with van der Waals surface area (Å²) in [6.07, 6.45) is 0.576. The molecular formula is C13H16BrClO2. The molecule has 0 spiro atoms. The number of halogens is 2. The molecule has 0 heterocycles. The SMILES string of the molecule is COc1ccc(Cl)c(CC(Br)C(=O)C(C)C)c1. The average Bonchev–Trinajstić information content (AvgIpc) is 2.30. The molecule has 0 N–H and O–H groups in total. The standard InChI is InChI=1S/C13H16BrClO2/c1-8(2)13(16)11(14)7-9-6-10(17-3)4-5-12(9)15/h4-6,8,11H,7H2,1-3H3. The van der Waals surface area contributed by atoms with Crippen LogP contribution in [0.1, 0.15) is 19.4 Å². The molecular weight excluding hydrogens is 303 g/mol. The second kappa shape index (κ2) is 6.41. The van der Waals surface area contributed by atoms with E-state index in [-0.39, 0.29) is 16.5 Å². The first-order valence-electron chi connectivity index (χ1n) is 5.46. The van der Waals surface area contributed by atoms with Gasteiger partial charge in [0, 0.05) is 10.9 Å². The monoisotopic (exact) mass is 318 g/mol. The van der Waals surface area contributed by atoms with Crippen molar-refractivity contribution in [2.24, 2.45) is 5.92 Å². The van der Waals surface area contributed by atoms with Crippen molar-refractivity contribution in [3.05, 3.63) is 28.8 Å². The highest BCUT2D eigenvalue weighted by atomic mass is 79.9. The molecule has 4 heteroatoms. The van der Waals surface area contributed by atoms with Crippen LogP contribution in [-0.4, -0.2) is 17.7 Å². The van der Waals surface area contributed by atoms with Gasteiger partial charge < -0.3 is 4.74 Å². The third-order valence-electron chi connectivity index (χ3n) is 2.53. The summed E-state index contributed by atoms with van der Waals surface area (Å²) in [6, 6.07) is 5.46. The molecule has 0 aliphatic heterocycles. The Morgan fingerprint density at radius 2 is 2.12 bits per heavy atom. The molecule has 1 unspecified atom stereocenters. The van der Waals surface area contributed by atoms with Crippen LogP contribution in [0.4, 0.5) is 0 Å². The van der Waals surface area contributed by atoms with E-state index in [0.717, 1.165) is 11.3 Å². The van der Waals surface area contributed by atoms with Crippen LogP contribution in [-0.2, 0) is 11.2 Å². The molecule has 1 aromatic rings. The number of ether oxygens (including phenoxy) is 1. The van der Waals surface area contributed by atoms with Crippen LogP contribution in [0.25, 0.3) is 0 Å². The Labute approximate surface area is 115 Å². The Hall–Kier alpha value is -0.540. The lowest BCUT2D eigenvalue weighted by atomic mass is 10.0. The normalized spacial score (nSPS) is 12.6. The summed E-state index contributed by atoms with van der Waals surface area (Å²) in [6.45, 7) is 3.79. The maximum absolute atomic E-state index is 11.8. The molecule has 2 nitrogen and oxygen atoms in total. The number of alkyl halides is 1. The van der Waals surface area contributed by atoms with Gasteiger partial charge in [-0.05, 0) is 30.2 Å². The number of benzene rings is 1. The van der Waals surface area contributed by atoms with Crippen LogP contribution in [0.3, 0.4) is 0 Å². The van der Waals surface area contributed by atoms with Gasteiger partial charge in [0.25, 0.3) is 0 Å². The molecule has 0 saturated carbocycles. The van der Waals surface area contributed by atoms with E-state index >= 15 is 0 Å². The Kier molecular flexibility index (Phi) is 5.47. The maximum atomic E-state index is 11.8. The smallest absolute Gasteiger partial charge is 0.149 e. The lowest BCUT2D eigenvalue weighted by molar-refractivity contribution is -0.121. The van der Waals surface area contributed by atoms with Crippen LogP contribution < -0.4 is 4.74 Å². The van der Waals surface area contributed by atoms with Gasteiger partial charge in [-0.3, -0.25) is 4.79 Å². The molecule has 0 amide bonds. The van der Waals surface area contributed by atoms with E-state index in [1.54, 1.807) is 19.2 Å². The lowest BCUT2D eigenvalue weighted by Crippen LogP contribution is -2.21. The van der Waals surface area contributed by atoms with E-state index in [4.69, 9.17) is 16.3 Å². The van der Waals surface area contributed by atoms with Crippen molar-refractivity contribution in [1.29, 1.82) is 0 Å². The molecule has 1 rings (SSSR count). The average molecular weight is 320 g/mol. The maximum Gasteiger partial charge on any atom is 0.149 e. The summed E-state index contributed by atoms with van der Waals surface area (Å²) in [5, 5.41) is 0.659. The second-order valence-corrected chi connectivity index (χ2v) is 5.70. The quantitative estimate of drug-likeness (QED) is 0.770. The number of hydrogen-bond donors (Lipinski definition) is 0. The van der Waals surface area contributed by atoms with Gasteiger partial charge in [-0.1, -0.05) is 41.4 Å². The second-order valence-electron chi connectivity index (χ2n) is 4.19. The molecule has 1 atom stereocenters. The summed E-state index contributed by atoms with van der Waals surface area (Å²) in [4.78, 5) is 11.6. The van der Waals surface area contributed by atoms with Gasteiger partial charge in [-0.2, -0.15) is 0 Å². The number of methoxy groups -OCH3 is 1. The topological polar surface area (TPSA) is 26.3 Å². The van der Waals surface area contributed by atoms with Gasteiger partial charge in [-0.25, -0.2) is 0 Å². The number of Topliss-reactive ketones (excluding diaryl/α,β-unsaturated/α-hetero) is 1. The van der Waals surface area contributed by atoms with Gasteiger partial charge in [-0.15, -0.1) is 0 Å². The number of carbonyl (C=O) groups is 1. The minimum Gasteiger partial charge on any atom is -0.497 e. The highest BCUT2D eigenvalue weighted by molar-refractivity contribution is 9.10. The predicted octanol–water partition coefficient (Wildman–Crippen LogP) is 3.88. The number of hydrogen-bond acceptors (Lipinski definition) is 2. The number of ketones is 1. The summed E-state index contributed by atoms with van der Waals surface area (Å²) >= 11 is 9.51. The van der Waals surface area contributed by atoms with Crippen molar-refractivity contribution < 1.29 is 9.53 Å². The van der Waals surface area contributed by atoms with Crippen molar-refractivity contribution in [3.8, 4) is 5.75 Å². The largest absolute Gasteiger partial charge is 0.497 e. The molecule has 0 aliphatic rings. The summed E-state index contributed by atoms with van der Waals surface area (Å²) in [5.74, 6) is 0.953. The van der Waals surface area contributed by atoms with Crippen molar-refractivity contribution in [1.82, 2.24) is 0 Å². The van der Waals surface area contributed by atoms with Crippen molar-refractivity contribution in [2.45, 2.75) is 25.1 Å². The third-order valence-corrected chi connectivity index (χ3v) is 3.67. The molecule has 0 aliphatic carbocycles. The zero-order chi connectivity index (χ0) is 13.0. The summed E-state index contributed by atoms with van der Waals surface area (Å²) in [7, 11) is 1.61. The van der Waals surface area contributed by atoms with Gasteiger partial charge in [0.05, 0.1) is 11.9 Å². The Bertz CT molecular complexity index is 404. The van der Waals surface area contributed by atoms with Crippen LogP contribution >= 0.6 is 27.5 Å². The number of rotatable bonds is 5. The lowest BCUT2D eigenvalue weighted by Gasteiger charge is -2.13. The van der Waals surface area contributed by atoms with E-state index in [2.05, 4.69) is 15.9 Å². The van der Waals surface area contributed by atoms with E-state index < -0.39 is 0 Å². The molecule has 0 radical (unpaired) electrons. The van der Waals surface area contributed by atoms with Gasteiger partial charge in [0.1, 0.15) is 11.5 Å². The van der Waals surface area contributed by atoms with Crippen molar-refractivity contribution in [3.63, 3.8) is 0 Å². The fourth-order valence-corrected chi connectivity index (χ4v) is 2.56. The van der Waals surface area contributed by atoms with E-state index in [0.29, 0.717) is 11.4 Å². The van der Waals surface area contributed by atoms with Crippen LogP contribution in [0.2, 0.25) is 5.02 Å². The first-order chi connectivity index (χ1) is 7.95. The van der Waals surface area contributed by atoms with Crippen LogP contribution in [0, 0.1) is 5.92 Å². The Morgan fingerprint density at radius 1 is 1.47 bits per heavy atom. The number of carbonyl (C=O) groups excluding carboxylic acids is 1. The van der Waals surface area contributed by atoms with Crippen LogP contribution in [0.15, 0.2) is 18.2 Å². The van der Waals surface area contributed by atoms with Crippen molar-refractivity contribution in [2.75, 3.05) is 7.11 Å². The van der Waals surface area contributed by atoms with Gasteiger partial charge >= 0.3 is 0 Å². The first kappa shape index (κ1) is 14.5. The summed E-state index contributed by atoms with van der Waals surface area (Å²) in [5.41, 5.74) is 0.918. The van der Waals surface area contributed by atoms with Crippen molar-refractivity contribution >= 4 is 33.3 Å². The fourth-order valence-electron chi connectivity index (χ4n) is 1.49. The summed E-state index contributed by atoms with van der Waals surface area (Å²) < 4.78 is 5.14. The zero-order valence-corrected chi connectivity index (χ0v) is 12.5. The molecule has 0 bridgehead atoms. The zero-order valence-electron chi connectivity index (χ0n) is 10.2. The highest BCUT2D eigenvalue weighted by Crippen LogP contribution is 2.25. The molecule has 0 fully saturated rings. The Balaban J connectivity index is 2.83. The van der Waals surface area contributed by atoms with E-state index in [1.165, 1.54) is 0 Å². The molecule has 17 heavy (non-hydrogen) atoms.